The van der Waals surface area contributed by atoms with Crippen molar-refractivity contribution in [1.82, 2.24) is 29.8 Å². The first-order valence-electron chi connectivity index (χ1n) is 10.4. The summed E-state index contributed by atoms with van der Waals surface area (Å²) >= 11 is 5.94. The lowest BCUT2D eigenvalue weighted by molar-refractivity contribution is 0.0732. The Morgan fingerprint density at radius 2 is 1.70 bits per heavy atom. The minimum atomic E-state index is -0.192. The van der Waals surface area contributed by atoms with E-state index >= 15 is 0 Å². The SMILES string of the molecule is O=C(c1cncc(-c2cncnc2)c1)N1CCC[C@H]1c1cncc(Oc2ccc(Cl)cc2)n1. The molecule has 1 atom stereocenters. The Kier molecular flexibility index (Phi) is 5.91. The third-order valence-electron chi connectivity index (χ3n) is 5.40. The van der Waals surface area contributed by atoms with E-state index in [0.29, 0.717) is 34.5 Å². The molecule has 1 fully saturated rings. The molecule has 8 nitrogen and oxygen atoms in total. The fraction of sp³-hybridized carbons (Fsp3) is 0.167. The molecule has 0 aliphatic carbocycles. The van der Waals surface area contributed by atoms with Gasteiger partial charge in [-0.25, -0.2) is 15.0 Å². The molecular formula is C24H19ClN6O2. The van der Waals surface area contributed by atoms with E-state index in [9.17, 15) is 4.79 Å². The van der Waals surface area contributed by atoms with Crippen LogP contribution in [0.4, 0.5) is 0 Å². The number of carbonyl (C=O) groups is 1. The summed E-state index contributed by atoms with van der Waals surface area (Å²) in [6.07, 6.45) is 13.0. The van der Waals surface area contributed by atoms with Crippen molar-refractivity contribution in [2.75, 3.05) is 6.54 Å². The van der Waals surface area contributed by atoms with E-state index in [0.717, 1.165) is 24.0 Å². The lowest BCUT2D eigenvalue weighted by Crippen LogP contribution is -2.31. The molecule has 4 aromatic rings. The van der Waals surface area contributed by atoms with Crippen molar-refractivity contribution in [2.45, 2.75) is 18.9 Å². The molecule has 1 aliphatic heterocycles. The van der Waals surface area contributed by atoms with E-state index < -0.39 is 0 Å². The highest BCUT2D eigenvalue weighted by molar-refractivity contribution is 6.30. The molecule has 5 rings (SSSR count). The third kappa shape index (κ3) is 4.65. The van der Waals surface area contributed by atoms with Crippen LogP contribution in [0.15, 0.2) is 73.8 Å². The quantitative estimate of drug-likeness (QED) is 0.426. The van der Waals surface area contributed by atoms with Crippen molar-refractivity contribution in [3.8, 4) is 22.8 Å². The number of amides is 1. The minimum Gasteiger partial charge on any atom is -0.437 e. The molecule has 1 amide bonds. The average Bonchev–Trinajstić information content (AvgIpc) is 3.36. The van der Waals surface area contributed by atoms with E-state index in [2.05, 4.69) is 24.9 Å². The largest absolute Gasteiger partial charge is 0.437 e. The van der Waals surface area contributed by atoms with Crippen LogP contribution in [0.1, 0.15) is 34.9 Å². The van der Waals surface area contributed by atoms with Crippen LogP contribution in [0.3, 0.4) is 0 Å². The number of halogens is 1. The Hall–Kier alpha value is -3.91. The molecule has 0 radical (unpaired) electrons. The number of nitrogens with zero attached hydrogens (tertiary/aromatic N) is 6. The summed E-state index contributed by atoms with van der Waals surface area (Å²) in [5.74, 6) is 0.870. The van der Waals surface area contributed by atoms with E-state index in [1.807, 2.05) is 11.0 Å². The number of carbonyl (C=O) groups excluding carboxylic acids is 1. The first-order valence-corrected chi connectivity index (χ1v) is 10.8. The van der Waals surface area contributed by atoms with E-state index in [1.54, 1.807) is 61.4 Å². The van der Waals surface area contributed by atoms with E-state index in [4.69, 9.17) is 16.3 Å². The topological polar surface area (TPSA) is 94.0 Å². The molecule has 9 heteroatoms. The van der Waals surface area contributed by atoms with Crippen molar-refractivity contribution < 1.29 is 9.53 Å². The highest BCUT2D eigenvalue weighted by atomic mass is 35.5. The Labute approximate surface area is 195 Å². The molecule has 1 saturated heterocycles. The maximum absolute atomic E-state index is 13.4. The van der Waals surface area contributed by atoms with E-state index in [-0.39, 0.29) is 11.9 Å². The number of hydrogen-bond acceptors (Lipinski definition) is 7. The van der Waals surface area contributed by atoms with Gasteiger partial charge in [-0.05, 0) is 43.2 Å². The molecule has 1 aromatic carbocycles. The van der Waals surface area contributed by atoms with Crippen molar-refractivity contribution in [3.05, 3.63) is 90.1 Å². The van der Waals surface area contributed by atoms with Crippen molar-refractivity contribution in [1.29, 1.82) is 0 Å². The first-order chi connectivity index (χ1) is 16.2. The normalized spacial score (nSPS) is 15.4. The number of likely N-dealkylation sites (tertiary alicyclic amines) is 1. The highest BCUT2D eigenvalue weighted by Gasteiger charge is 2.32. The molecule has 0 bridgehead atoms. The fourth-order valence-corrected chi connectivity index (χ4v) is 3.97. The molecule has 1 aliphatic rings. The van der Waals surface area contributed by atoms with Gasteiger partial charge in [-0.1, -0.05) is 11.6 Å². The zero-order valence-electron chi connectivity index (χ0n) is 17.5. The van der Waals surface area contributed by atoms with Gasteiger partial charge in [0.05, 0.1) is 29.7 Å². The molecule has 3 aromatic heterocycles. The molecule has 0 spiro atoms. The van der Waals surface area contributed by atoms with Crippen molar-refractivity contribution in [3.63, 3.8) is 0 Å². The first kappa shape index (κ1) is 21.0. The molecule has 164 valence electrons. The van der Waals surface area contributed by atoms with Gasteiger partial charge in [-0.2, -0.15) is 0 Å². The van der Waals surface area contributed by atoms with Gasteiger partial charge in [-0.15, -0.1) is 0 Å². The number of hydrogen-bond donors (Lipinski definition) is 0. The van der Waals surface area contributed by atoms with Crippen molar-refractivity contribution in [2.24, 2.45) is 0 Å². The van der Waals surface area contributed by atoms with Crippen LogP contribution in [-0.4, -0.2) is 42.3 Å². The Balaban J connectivity index is 1.37. The van der Waals surface area contributed by atoms with Gasteiger partial charge in [0.1, 0.15) is 12.1 Å². The number of benzene rings is 1. The average molecular weight is 459 g/mol. The summed E-state index contributed by atoms with van der Waals surface area (Å²) in [7, 11) is 0. The summed E-state index contributed by atoms with van der Waals surface area (Å²) in [5.41, 5.74) is 2.78. The number of ether oxygens (including phenoxy) is 1. The van der Waals surface area contributed by atoms with Gasteiger partial charge in [-0.3, -0.25) is 14.8 Å². The predicted octanol–water partition coefficient (Wildman–Crippen LogP) is 4.75. The maximum Gasteiger partial charge on any atom is 0.256 e. The Morgan fingerprint density at radius 3 is 2.52 bits per heavy atom. The molecule has 0 unspecified atom stereocenters. The van der Waals surface area contributed by atoms with Crippen LogP contribution < -0.4 is 4.74 Å². The molecular weight excluding hydrogens is 440 g/mol. The fourth-order valence-electron chi connectivity index (χ4n) is 3.84. The Morgan fingerprint density at radius 1 is 0.939 bits per heavy atom. The lowest BCUT2D eigenvalue weighted by atomic mass is 10.1. The third-order valence-corrected chi connectivity index (χ3v) is 5.65. The predicted molar refractivity (Wildman–Crippen MR) is 122 cm³/mol. The zero-order valence-corrected chi connectivity index (χ0v) is 18.3. The van der Waals surface area contributed by atoms with Crippen LogP contribution in [0, 0.1) is 0 Å². The number of rotatable bonds is 5. The van der Waals surface area contributed by atoms with Crippen LogP contribution in [-0.2, 0) is 0 Å². The number of aromatic nitrogens is 5. The number of pyridine rings is 1. The van der Waals surface area contributed by atoms with Crippen LogP contribution in [0.25, 0.3) is 11.1 Å². The monoisotopic (exact) mass is 458 g/mol. The highest BCUT2D eigenvalue weighted by Crippen LogP contribution is 2.33. The smallest absolute Gasteiger partial charge is 0.256 e. The summed E-state index contributed by atoms with van der Waals surface area (Å²) in [4.78, 5) is 36.4. The van der Waals surface area contributed by atoms with Gasteiger partial charge in [0.25, 0.3) is 5.91 Å². The van der Waals surface area contributed by atoms with Gasteiger partial charge < -0.3 is 9.64 Å². The van der Waals surface area contributed by atoms with Crippen molar-refractivity contribution >= 4 is 17.5 Å². The summed E-state index contributed by atoms with van der Waals surface area (Å²) in [6, 6.07) is 8.64. The summed E-state index contributed by atoms with van der Waals surface area (Å²) < 4.78 is 5.82. The lowest BCUT2D eigenvalue weighted by Gasteiger charge is -2.24. The summed E-state index contributed by atoms with van der Waals surface area (Å²) in [5, 5.41) is 0.626. The maximum atomic E-state index is 13.4. The second-order valence-electron chi connectivity index (χ2n) is 7.58. The molecule has 33 heavy (non-hydrogen) atoms. The minimum absolute atomic E-state index is 0.102. The van der Waals surface area contributed by atoms with E-state index in [1.165, 1.54) is 6.33 Å². The standard InChI is InChI=1S/C24H19ClN6O2/c25-19-3-5-20(6-4-19)33-23-14-27-13-21(30-23)22-2-1-7-31(22)24(32)17-8-16(9-26-10-17)18-11-28-15-29-12-18/h3-6,8-15,22H,1-2,7H2/t22-/m0/s1. The van der Waals surface area contributed by atoms with Gasteiger partial charge >= 0.3 is 0 Å². The van der Waals surface area contributed by atoms with Gasteiger partial charge in [0, 0.05) is 47.5 Å². The molecule has 0 saturated carbocycles. The molecule has 0 N–H and O–H groups in total. The second-order valence-corrected chi connectivity index (χ2v) is 8.02. The zero-order chi connectivity index (χ0) is 22.6. The Bertz CT molecular complexity index is 1270. The van der Waals surface area contributed by atoms with Crippen LogP contribution in [0.5, 0.6) is 11.6 Å². The van der Waals surface area contributed by atoms with Gasteiger partial charge in [0.15, 0.2) is 0 Å². The van der Waals surface area contributed by atoms with Crippen LogP contribution in [0.2, 0.25) is 5.02 Å². The summed E-state index contributed by atoms with van der Waals surface area (Å²) in [6.45, 7) is 0.631. The van der Waals surface area contributed by atoms with Gasteiger partial charge in [0.2, 0.25) is 5.88 Å². The second kappa shape index (κ2) is 9.30. The molecule has 4 heterocycles. The van der Waals surface area contributed by atoms with Crippen LogP contribution >= 0.6 is 11.6 Å².